The van der Waals surface area contributed by atoms with Gasteiger partial charge in [-0.2, -0.15) is 0 Å². The summed E-state index contributed by atoms with van der Waals surface area (Å²) in [5.41, 5.74) is 5.30. The Hall–Kier alpha value is -2.15. The molecule has 0 aromatic heterocycles. The number of carbonyl (C=O) groups excluding carboxylic acids is 1. The normalized spacial score (nSPS) is 18.2. The number of esters is 1. The molecule has 1 aromatic rings. The first-order chi connectivity index (χ1) is 9.08. The molecule has 0 aliphatic carbocycles. The summed E-state index contributed by atoms with van der Waals surface area (Å²) >= 11 is 0. The zero-order valence-corrected chi connectivity index (χ0v) is 10.2. The van der Waals surface area contributed by atoms with Gasteiger partial charge in [-0.25, -0.2) is 4.79 Å². The second kappa shape index (κ2) is 5.66. The third-order valence-corrected chi connectivity index (χ3v) is 2.94. The quantitative estimate of drug-likeness (QED) is 0.382. The molecule has 19 heavy (non-hydrogen) atoms. The van der Waals surface area contributed by atoms with E-state index in [1.165, 1.54) is 12.1 Å². The number of hydrogen-bond donors (Lipinski definition) is 1. The molecule has 2 N–H and O–H groups in total. The van der Waals surface area contributed by atoms with Gasteiger partial charge >= 0.3 is 5.97 Å². The summed E-state index contributed by atoms with van der Waals surface area (Å²) in [7, 11) is 0. The molecule has 102 valence electrons. The maximum absolute atomic E-state index is 11.8. The Labute approximate surface area is 109 Å². The maximum atomic E-state index is 11.8. The minimum atomic E-state index is -0.628. The number of ether oxygens (including phenoxy) is 2. The van der Waals surface area contributed by atoms with E-state index in [4.69, 9.17) is 15.2 Å². The van der Waals surface area contributed by atoms with Crippen LogP contribution in [0, 0.1) is 16.0 Å². The first kappa shape index (κ1) is 13.3. The summed E-state index contributed by atoms with van der Waals surface area (Å²) in [4.78, 5) is 21.9. The van der Waals surface area contributed by atoms with Crippen molar-refractivity contribution in [3.05, 3.63) is 33.9 Å². The highest BCUT2D eigenvalue weighted by atomic mass is 16.6. The Kier molecular flexibility index (Phi) is 3.96. The van der Waals surface area contributed by atoms with Gasteiger partial charge in [-0.1, -0.05) is 0 Å². The predicted molar refractivity (Wildman–Crippen MR) is 66.7 cm³/mol. The van der Waals surface area contributed by atoms with Gasteiger partial charge in [0.05, 0.1) is 23.7 Å². The van der Waals surface area contributed by atoms with Crippen LogP contribution in [-0.4, -0.2) is 30.7 Å². The van der Waals surface area contributed by atoms with Gasteiger partial charge in [-0.15, -0.1) is 0 Å². The van der Waals surface area contributed by atoms with Gasteiger partial charge in [-0.3, -0.25) is 10.1 Å². The summed E-state index contributed by atoms with van der Waals surface area (Å²) in [5.74, 6) is -0.386. The molecule has 0 spiro atoms. The molecule has 1 saturated heterocycles. The van der Waals surface area contributed by atoms with Crippen molar-refractivity contribution in [1.82, 2.24) is 0 Å². The topological polar surface area (TPSA) is 105 Å². The molecule has 2 rings (SSSR count). The van der Waals surface area contributed by atoms with Crippen LogP contribution in [0.15, 0.2) is 18.2 Å². The van der Waals surface area contributed by atoms with E-state index in [0.717, 1.165) is 12.5 Å². The molecule has 0 saturated carbocycles. The van der Waals surface area contributed by atoms with Gasteiger partial charge in [0.15, 0.2) is 0 Å². The highest BCUT2D eigenvalue weighted by Gasteiger charge is 2.20. The largest absolute Gasteiger partial charge is 0.462 e. The fraction of sp³-hybridized carbons (Fsp3) is 0.417. The number of nitrogens with zero attached hydrogens (tertiary/aromatic N) is 1. The molecule has 1 aliphatic rings. The first-order valence-corrected chi connectivity index (χ1v) is 5.86. The van der Waals surface area contributed by atoms with E-state index in [9.17, 15) is 14.9 Å². The van der Waals surface area contributed by atoms with Crippen LogP contribution < -0.4 is 5.73 Å². The highest BCUT2D eigenvalue weighted by molar-refractivity contribution is 5.91. The molecule has 1 fully saturated rings. The zero-order chi connectivity index (χ0) is 13.8. The third-order valence-electron chi connectivity index (χ3n) is 2.94. The number of nitro benzene ring substituents is 1. The van der Waals surface area contributed by atoms with Crippen LogP contribution in [0.25, 0.3) is 0 Å². The fourth-order valence-corrected chi connectivity index (χ4v) is 1.82. The van der Waals surface area contributed by atoms with Crippen LogP contribution in [0.5, 0.6) is 0 Å². The number of carbonyl (C=O) groups is 1. The lowest BCUT2D eigenvalue weighted by molar-refractivity contribution is -0.383. The van der Waals surface area contributed by atoms with Crippen LogP contribution in [0.2, 0.25) is 0 Å². The molecule has 1 atom stereocenters. The Morgan fingerprint density at radius 1 is 1.58 bits per heavy atom. The van der Waals surface area contributed by atoms with Crippen LogP contribution in [0.1, 0.15) is 16.8 Å². The van der Waals surface area contributed by atoms with Crippen LogP contribution in [-0.2, 0) is 9.47 Å². The van der Waals surface area contributed by atoms with Gasteiger partial charge < -0.3 is 15.2 Å². The van der Waals surface area contributed by atoms with Crippen molar-refractivity contribution < 1.29 is 19.2 Å². The zero-order valence-electron chi connectivity index (χ0n) is 10.2. The molecule has 0 bridgehead atoms. The van der Waals surface area contributed by atoms with Crippen molar-refractivity contribution in [1.29, 1.82) is 0 Å². The standard InChI is InChI=1S/C12H14N2O5/c13-10-2-1-9(5-11(10)14(16)17)12(15)19-7-8-3-4-18-6-8/h1-2,5,8H,3-4,6-7,13H2. The van der Waals surface area contributed by atoms with Crippen LogP contribution >= 0.6 is 0 Å². The monoisotopic (exact) mass is 266 g/mol. The minimum absolute atomic E-state index is 0.0192. The molecule has 7 nitrogen and oxygen atoms in total. The molecular formula is C12H14N2O5. The summed E-state index contributed by atoms with van der Waals surface area (Å²) in [5, 5.41) is 10.7. The third kappa shape index (κ3) is 3.19. The molecule has 1 unspecified atom stereocenters. The van der Waals surface area contributed by atoms with Gasteiger partial charge in [0.2, 0.25) is 0 Å². The summed E-state index contributed by atoms with van der Waals surface area (Å²) in [6.07, 6.45) is 0.856. The van der Waals surface area contributed by atoms with E-state index < -0.39 is 10.9 Å². The number of hydrogen-bond acceptors (Lipinski definition) is 6. The Morgan fingerprint density at radius 3 is 3.00 bits per heavy atom. The number of nitro groups is 1. The average molecular weight is 266 g/mol. The predicted octanol–water partition coefficient (Wildman–Crippen LogP) is 1.37. The minimum Gasteiger partial charge on any atom is -0.462 e. The number of benzene rings is 1. The summed E-state index contributed by atoms with van der Waals surface area (Å²) < 4.78 is 10.3. The number of nitrogen functional groups attached to an aromatic ring is 1. The van der Waals surface area contributed by atoms with Crippen molar-refractivity contribution in [3.63, 3.8) is 0 Å². The van der Waals surface area contributed by atoms with Crippen molar-refractivity contribution >= 4 is 17.3 Å². The SMILES string of the molecule is Nc1ccc(C(=O)OCC2CCOC2)cc1[N+](=O)[O-]. The lowest BCUT2D eigenvalue weighted by Gasteiger charge is -2.09. The van der Waals surface area contributed by atoms with Crippen molar-refractivity contribution in [2.45, 2.75) is 6.42 Å². The van der Waals surface area contributed by atoms with Crippen molar-refractivity contribution in [2.24, 2.45) is 5.92 Å². The van der Waals surface area contributed by atoms with E-state index in [1.807, 2.05) is 0 Å². The van der Waals surface area contributed by atoms with Crippen LogP contribution in [0.4, 0.5) is 11.4 Å². The molecule has 0 radical (unpaired) electrons. The van der Waals surface area contributed by atoms with E-state index >= 15 is 0 Å². The highest BCUT2D eigenvalue weighted by Crippen LogP contribution is 2.23. The van der Waals surface area contributed by atoms with E-state index in [-0.39, 0.29) is 29.5 Å². The molecule has 0 amide bonds. The fourth-order valence-electron chi connectivity index (χ4n) is 1.82. The Balaban J connectivity index is 2.02. The molecule has 1 heterocycles. The van der Waals surface area contributed by atoms with Crippen molar-refractivity contribution in [2.75, 3.05) is 25.6 Å². The molecule has 1 aliphatic heterocycles. The van der Waals surface area contributed by atoms with E-state index in [0.29, 0.717) is 13.2 Å². The van der Waals surface area contributed by atoms with Crippen LogP contribution in [0.3, 0.4) is 0 Å². The smallest absolute Gasteiger partial charge is 0.338 e. The Morgan fingerprint density at radius 2 is 2.37 bits per heavy atom. The molecule has 1 aromatic carbocycles. The van der Waals surface area contributed by atoms with Gasteiger partial charge in [-0.05, 0) is 18.6 Å². The van der Waals surface area contributed by atoms with Gasteiger partial charge in [0, 0.05) is 18.6 Å². The second-order valence-electron chi connectivity index (χ2n) is 4.36. The number of nitrogens with two attached hydrogens (primary N) is 1. The lowest BCUT2D eigenvalue weighted by atomic mass is 10.1. The average Bonchev–Trinajstić information content (AvgIpc) is 2.89. The Bertz CT molecular complexity index is 497. The summed E-state index contributed by atoms with van der Waals surface area (Å²) in [6, 6.07) is 3.87. The van der Waals surface area contributed by atoms with E-state index in [2.05, 4.69) is 0 Å². The maximum Gasteiger partial charge on any atom is 0.338 e. The van der Waals surface area contributed by atoms with Crippen molar-refractivity contribution in [3.8, 4) is 0 Å². The first-order valence-electron chi connectivity index (χ1n) is 5.86. The van der Waals surface area contributed by atoms with Gasteiger partial charge in [0.1, 0.15) is 5.69 Å². The second-order valence-corrected chi connectivity index (χ2v) is 4.36. The number of anilines is 1. The number of rotatable bonds is 4. The lowest BCUT2D eigenvalue weighted by Crippen LogP contribution is -2.14. The summed E-state index contributed by atoms with van der Waals surface area (Å²) in [6.45, 7) is 1.52. The molecule has 7 heteroatoms. The molecular weight excluding hydrogens is 252 g/mol. The van der Waals surface area contributed by atoms with E-state index in [1.54, 1.807) is 0 Å². The van der Waals surface area contributed by atoms with Gasteiger partial charge in [0.25, 0.3) is 5.69 Å².